The largest absolute Gasteiger partial charge is 0.328 e. The van der Waals surface area contributed by atoms with E-state index in [1.54, 1.807) is 0 Å². The third-order valence-electron chi connectivity index (χ3n) is 3.14. The molecule has 2 N–H and O–H groups in total. The average molecular weight is 258 g/mol. The number of aromatic nitrogens is 3. The van der Waals surface area contributed by atoms with Crippen LogP contribution in [0.15, 0.2) is 24.4 Å². The molecule has 0 saturated carbocycles. The summed E-state index contributed by atoms with van der Waals surface area (Å²) in [6, 6.07) is 6.41. The molecule has 2 heterocycles. The van der Waals surface area contributed by atoms with Crippen molar-refractivity contribution in [2.75, 3.05) is 0 Å². The Bertz CT molecular complexity index is 526. The maximum Gasteiger partial charge on any atom is 0.153 e. The summed E-state index contributed by atoms with van der Waals surface area (Å²) >= 11 is 0. The quantitative estimate of drug-likeness (QED) is 0.895. The van der Waals surface area contributed by atoms with Gasteiger partial charge >= 0.3 is 0 Å². The van der Waals surface area contributed by atoms with Crippen molar-refractivity contribution in [1.82, 2.24) is 14.8 Å². The lowest BCUT2D eigenvalue weighted by Crippen LogP contribution is -2.18. The predicted molar refractivity (Wildman–Crippen MR) is 77.5 cm³/mol. The summed E-state index contributed by atoms with van der Waals surface area (Å²) in [5.74, 6) is 0.880. The zero-order chi connectivity index (χ0) is 13.8. The summed E-state index contributed by atoms with van der Waals surface area (Å²) in [6.45, 7) is 6.26. The summed E-state index contributed by atoms with van der Waals surface area (Å²) in [5.41, 5.74) is 9.27. The van der Waals surface area contributed by atoms with E-state index in [1.807, 2.05) is 23.9 Å². The Labute approximate surface area is 114 Å². The molecule has 0 aliphatic carbocycles. The van der Waals surface area contributed by atoms with E-state index >= 15 is 0 Å². The highest BCUT2D eigenvalue weighted by molar-refractivity contribution is 5.28. The highest BCUT2D eigenvalue weighted by atomic mass is 15.3. The van der Waals surface area contributed by atoms with E-state index in [-0.39, 0.29) is 6.04 Å². The van der Waals surface area contributed by atoms with E-state index < -0.39 is 0 Å². The van der Waals surface area contributed by atoms with E-state index in [0.29, 0.717) is 0 Å². The summed E-state index contributed by atoms with van der Waals surface area (Å²) in [5, 5.41) is 4.59. The van der Waals surface area contributed by atoms with Crippen molar-refractivity contribution in [3.05, 3.63) is 41.3 Å². The molecule has 0 aliphatic rings. The monoisotopic (exact) mass is 258 g/mol. The van der Waals surface area contributed by atoms with Crippen LogP contribution in [-0.4, -0.2) is 20.8 Å². The van der Waals surface area contributed by atoms with Gasteiger partial charge in [-0.3, -0.25) is 0 Å². The van der Waals surface area contributed by atoms with Crippen LogP contribution >= 0.6 is 0 Å². The van der Waals surface area contributed by atoms with Crippen LogP contribution in [0.3, 0.4) is 0 Å². The summed E-state index contributed by atoms with van der Waals surface area (Å²) in [4.78, 5) is 4.50. The highest BCUT2D eigenvalue weighted by Crippen LogP contribution is 2.13. The van der Waals surface area contributed by atoms with Gasteiger partial charge in [0.05, 0.1) is 5.69 Å². The average Bonchev–Trinajstić information content (AvgIpc) is 2.82. The lowest BCUT2D eigenvalue weighted by molar-refractivity contribution is 0.730. The first-order chi connectivity index (χ1) is 9.13. The van der Waals surface area contributed by atoms with Gasteiger partial charge in [-0.25, -0.2) is 9.67 Å². The summed E-state index contributed by atoms with van der Waals surface area (Å²) in [6.07, 6.45) is 4.65. The first-order valence-electron chi connectivity index (χ1n) is 6.92. The minimum Gasteiger partial charge on any atom is -0.328 e. The molecular weight excluding hydrogens is 236 g/mol. The fourth-order valence-electron chi connectivity index (χ4n) is 2.13. The van der Waals surface area contributed by atoms with Gasteiger partial charge in [0, 0.05) is 17.9 Å². The Morgan fingerprint density at radius 2 is 2.05 bits per heavy atom. The van der Waals surface area contributed by atoms with Crippen LogP contribution in [0.1, 0.15) is 37.7 Å². The van der Waals surface area contributed by atoms with Crippen LogP contribution in [0.5, 0.6) is 0 Å². The Balaban J connectivity index is 2.28. The molecule has 4 nitrogen and oxygen atoms in total. The third-order valence-corrected chi connectivity index (χ3v) is 3.14. The van der Waals surface area contributed by atoms with Gasteiger partial charge in [0.15, 0.2) is 5.82 Å². The van der Waals surface area contributed by atoms with Crippen molar-refractivity contribution in [2.24, 2.45) is 5.73 Å². The number of pyridine rings is 1. The minimum absolute atomic E-state index is 0.162. The van der Waals surface area contributed by atoms with Crippen LogP contribution in [0.25, 0.3) is 5.82 Å². The highest BCUT2D eigenvalue weighted by Gasteiger charge is 2.08. The zero-order valence-corrected chi connectivity index (χ0v) is 11.9. The van der Waals surface area contributed by atoms with Gasteiger partial charge < -0.3 is 5.73 Å². The number of nitrogens with two attached hydrogens (primary N) is 1. The molecule has 2 aromatic rings. The van der Waals surface area contributed by atoms with Crippen LogP contribution in [0, 0.1) is 0 Å². The Morgan fingerprint density at radius 1 is 1.26 bits per heavy atom. The molecule has 0 aliphatic heterocycles. The molecule has 0 fully saturated rings. The number of hydrogen-bond acceptors (Lipinski definition) is 3. The molecule has 0 saturated heterocycles. The first kappa shape index (κ1) is 13.7. The molecule has 19 heavy (non-hydrogen) atoms. The fraction of sp³-hybridized carbons (Fsp3) is 0.467. The topological polar surface area (TPSA) is 56.7 Å². The van der Waals surface area contributed by atoms with E-state index in [9.17, 15) is 0 Å². The SMILES string of the molecule is CCc1cc(CC)n(-c2ccc(CC(C)N)cn2)n1. The lowest BCUT2D eigenvalue weighted by atomic mass is 10.1. The van der Waals surface area contributed by atoms with Crippen molar-refractivity contribution < 1.29 is 0 Å². The molecule has 1 atom stereocenters. The number of hydrogen-bond donors (Lipinski definition) is 1. The van der Waals surface area contributed by atoms with E-state index in [4.69, 9.17) is 5.73 Å². The van der Waals surface area contributed by atoms with E-state index in [1.165, 1.54) is 11.3 Å². The van der Waals surface area contributed by atoms with Crippen LogP contribution in [-0.2, 0) is 19.3 Å². The van der Waals surface area contributed by atoms with E-state index in [2.05, 4.69) is 36.1 Å². The maximum absolute atomic E-state index is 5.80. The first-order valence-corrected chi connectivity index (χ1v) is 6.92. The van der Waals surface area contributed by atoms with Gasteiger partial charge in [0.1, 0.15) is 0 Å². The smallest absolute Gasteiger partial charge is 0.153 e. The molecule has 4 heteroatoms. The second-order valence-electron chi connectivity index (χ2n) is 4.95. The number of aryl methyl sites for hydroxylation is 2. The number of rotatable bonds is 5. The predicted octanol–water partition coefficient (Wildman–Crippen LogP) is 2.28. The number of nitrogens with zero attached hydrogens (tertiary/aromatic N) is 3. The second kappa shape index (κ2) is 5.97. The molecule has 0 amide bonds. The summed E-state index contributed by atoms with van der Waals surface area (Å²) < 4.78 is 1.94. The van der Waals surface area contributed by atoms with Crippen molar-refractivity contribution >= 4 is 0 Å². The van der Waals surface area contributed by atoms with Crippen LogP contribution in [0.4, 0.5) is 0 Å². The van der Waals surface area contributed by atoms with Crippen LogP contribution < -0.4 is 5.73 Å². The molecule has 2 aromatic heterocycles. The van der Waals surface area contributed by atoms with Gasteiger partial charge in [0.2, 0.25) is 0 Å². The second-order valence-corrected chi connectivity index (χ2v) is 4.95. The van der Waals surface area contributed by atoms with Gasteiger partial charge in [0.25, 0.3) is 0 Å². The normalized spacial score (nSPS) is 12.6. The van der Waals surface area contributed by atoms with Crippen molar-refractivity contribution in [1.29, 1.82) is 0 Å². The molecule has 0 bridgehead atoms. The molecule has 102 valence electrons. The molecule has 2 rings (SSSR count). The summed E-state index contributed by atoms with van der Waals surface area (Å²) in [7, 11) is 0. The lowest BCUT2D eigenvalue weighted by Gasteiger charge is -2.07. The zero-order valence-electron chi connectivity index (χ0n) is 11.9. The molecule has 0 spiro atoms. The molecule has 0 aromatic carbocycles. The van der Waals surface area contributed by atoms with Crippen molar-refractivity contribution in [2.45, 2.75) is 46.1 Å². The van der Waals surface area contributed by atoms with Gasteiger partial charge in [-0.05, 0) is 43.9 Å². The fourth-order valence-corrected chi connectivity index (χ4v) is 2.13. The standard InChI is InChI=1S/C15H22N4/c1-4-13-9-14(5-2)19(18-13)15-7-6-12(10-17-15)8-11(3)16/h6-7,9-11H,4-5,8,16H2,1-3H3. The van der Waals surface area contributed by atoms with E-state index in [0.717, 1.165) is 30.8 Å². The van der Waals surface area contributed by atoms with Crippen LogP contribution in [0.2, 0.25) is 0 Å². The Morgan fingerprint density at radius 3 is 2.58 bits per heavy atom. The third kappa shape index (κ3) is 3.20. The Hall–Kier alpha value is -1.68. The molecular formula is C15H22N4. The van der Waals surface area contributed by atoms with Gasteiger partial charge in [-0.2, -0.15) is 5.10 Å². The van der Waals surface area contributed by atoms with Crippen molar-refractivity contribution in [3.63, 3.8) is 0 Å². The minimum atomic E-state index is 0.162. The Kier molecular flexibility index (Phi) is 4.32. The molecule has 1 unspecified atom stereocenters. The van der Waals surface area contributed by atoms with Crippen molar-refractivity contribution in [3.8, 4) is 5.82 Å². The van der Waals surface area contributed by atoms with Gasteiger partial charge in [-0.1, -0.05) is 19.9 Å². The molecule has 0 radical (unpaired) electrons. The maximum atomic E-state index is 5.80. The van der Waals surface area contributed by atoms with Gasteiger partial charge in [-0.15, -0.1) is 0 Å².